The SMILES string of the molecule is NS(=O)c1ncc(C2(O)CCCC2)s1. The quantitative estimate of drug-likeness (QED) is 0.795. The molecule has 2 rings (SSSR count). The van der Waals surface area contributed by atoms with Crippen LogP contribution in [0.15, 0.2) is 10.5 Å². The van der Waals surface area contributed by atoms with Gasteiger partial charge in [-0.1, -0.05) is 12.8 Å². The Morgan fingerprint density at radius 3 is 2.71 bits per heavy atom. The van der Waals surface area contributed by atoms with Gasteiger partial charge in [0.2, 0.25) is 0 Å². The predicted octanol–water partition coefficient (Wildman–Crippen LogP) is 0.886. The summed E-state index contributed by atoms with van der Waals surface area (Å²) in [5, 5.41) is 15.4. The molecule has 1 aliphatic carbocycles. The van der Waals surface area contributed by atoms with Crippen LogP contribution in [0.25, 0.3) is 0 Å². The lowest BCUT2D eigenvalue weighted by atomic mass is 10.0. The van der Waals surface area contributed by atoms with Crippen LogP contribution in [0.3, 0.4) is 0 Å². The lowest BCUT2D eigenvalue weighted by molar-refractivity contribution is 0.0481. The molecule has 1 fully saturated rings. The standard InChI is InChI=1S/C8H12N2O2S2/c9-14(12)7-10-5-6(13-7)8(11)3-1-2-4-8/h5,11H,1-4,9H2. The Kier molecular flexibility index (Phi) is 2.70. The molecule has 0 spiro atoms. The van der Waals surface area contributed by atoms with Gasteiger partial charge in [-0.15, -0.1) is 11.3 Å². The first-order valence-corrected chi connectivity index (χ1v) is 6.50. The third kappa shape index (κ3) is 1.75. The molecule has 1 heterocycles. The number of hydrogen-bond acceptors (Lipinski definition) is 4. The average molecular weight is 232 g/mol. The Morgan fingerprint density at radius 1 is 1.57 bits per heavy atom. The zero-order chi connectivity index (χ0) is 10.2. The van der Waals surface area contributed by atoms with Gasteiger partial charge in [0.15, 0.2) is 15.3 Å². The first-order chi connectivity index (χ1) is 6.62. The van der Waals surface area contributed by atoms with Gasteiger partial charge in [-0.3, -0.25) is 0 Å². The summed E-state index contributed by atoms with van der Waals surface area (Å²) in [7, 11) is -1.53. The number of nitrogens with two attached hydrogens (primary N) is 1. The van der Waals surface area contributed by atoms with Crippen LogP contribution in [0.4, 0.5) is 0 Å². The number of nitrogens with zero attached hydrogens (tertiary/aromatic N) is 1. The molecule has 78 valence electrons. The number of aliphatic hydroxyl groups is 1. The van der Waals surface area contributed by atoms with Gasteiger partial charge in [0.25, 0.3) is 0 Å². The van der Waals surface area contributed by atoms with Crippen molar-refractivity contribution < 1.29 is 9.32 Å². The monoisotopic (exact) mass is 232 g/mol. The maximum absolute atomic E-state index is 10.9. The van der Waals surface area contributed by atoms with Crippen molar-refractivity contribution in [1.82, 2.24) is 4.98 Å². The number of hydrogen-bond donors (Lipinski definition) is 2. The van der Waals surface area contributed by atoms with Crippen LogP contribution in [-0.2, 0) is 16.6 Å². The van der Waals surface area contributed by atoms with Gasteiger partial charge < -0.3 is 5.11 Å². The van der Waals surface area contributed by atoms with E-state index in [1.165, 1.54) is 11.3 Å². The van der Waals surface area contributed by atoms with E-state index in [0.717, 1.165) is 30.6 Å². The van der Waals surface area contributed by atoms with Crippen LogP contribution < -0.4 is 5.14 Å². The van der Waals surface area contributed by atoms with Gasteiger partial charge in [0.1, 0.15) is 5.60 Å². The summed E-state index contributed by atoms with van der Waals surface area (Å²) in [5.74, 6) is 0. The van der Waals surface area contributed by atoms with Crippen molar-refractivity contribution in [1.29, 1.82) is 0 Å². The van der Waals surface area contributed by atoms with Gasteiger partial charge in [-0.2, -0.15) is 0 Å². The molecule has 0 radical (unpaired) electrons. The van der Waals surface area contributed by atoms with Crippen LogP contribution in [0.5, 0.6) is 0 Å². The Labute approximate surface area is 88.8 Å². The summed E-state index contributed by atoms with van der Waals surface area (Å²) >= 11 is 1.25. The molecule has 0 aromatic carbocycles. The first-order valence-electron chi connectivity index (χ1n) is 4.47. The minimum Gasteiger partial charge on any atom is -0.384 e. The third-order valence-electron chi connectivity index (χ3n) is 2.55. The van der Waals surface area contributed by atoms with Crippen molar-refractivity contribution in [3.05, 3.63) is 11.1 Å². The van der Waals surface area contributed by atoms with Gasteiger partial charge >= 0.3 is 0 Å². The zero-order valence-electron chi connectivity index (χ0n) is 7.60. The molecule has 3 N–H and O–H groups in total. The second-order valence-corrected chi connectivity index (χ2v) is 5.80. The van der Waals surface area contributed by atoms with E-state index in [9.17, 15) is 9.32 Å². The highest BCUT2D eigenvalue weighted by Gasteiger charge is 2.35. The maximum Gasteiger partial charge on any atom is 0.196 e. The topological polar surface area (TPSA) is 76.2 Å². The molecule has 0 saturated heterocycles. The smallest absolute Gasteiger partial charge is 0.196 e. The predicted molar refractivity (Wildman–Crippen MR) is 55.1 cm³/mol. The molecule has 14 heavy (non-hydrogen) atoms. The Bertz CT molecular complexity index is 358. The zero-order valence-corrected chi connectivity index (χ0v) is 9.24. The van der Waals surface area contributed by atoms with E-state index in [-0.39, 0.29) is 0 Å². The summed E-state index contributed by atoms with van der Waals surface area (Å²) in [5.41, 5.74) is -0.741. The summed E-state index contributed by atoms with van der Waals surface area (Å²) in [6, 6.07) is 0. The Hall–Kier alpha value is -0.300. The fraction of sp³-hybridized carbons (Fsp3) is 0.625. The minimum atomic E-state index is -1.53. The lowest BCUT2D eigenvalue weighted by Crippen LogP contribution is -2.18. The molecule has 1 aromatic heterocycles. The number of aromatic nitrogens is 1. The van der Waals surface area contributed by atoms with E-state index < -0.39 is 16.6 Å². The van der Waals surface area contributed by atoms with E-state index >= 15 is 0 Å². The molecule has 1 atom stereocenters. The van der Waals surface area contributed by atoms with Crippen molar-refractivity contribution in [2.45, 2.75) is 35.6 Å². The molecule has 0 bridgehead atoms. The summed E-state index contributed by atoms with van der Waals surface area (Å²) in [6.07, 6.45) is 5.21. The van der Waals surface area contributed by atoms with E-state index in [2.05, 4.69) is 4.98 Å². The Morgan fingerprint density at radius 2 is 2.21 bits per heavy atom. The van der Waals surface area contributed by atoms with Gasteiger partial charge in [0, 0.05) is 6.20 Å². The Balaban J connectivity index is 2.28. The molecule has 4 nitrogen and oxygen atoms in total. The fourth-order valence-corrected chi connectivity index (χ4v) is 3.32. The highest BCUT2D eigenvalue weighted by atomic mass is 32.2. The molecule has 6 heteroatoms. The van der Waals surface area contributed by atoms with Crippen LogP contribution in [-0.4, -0.2) is 14.3 Å². The van der Waals surface area contributed by atoms with Crippen molar-refractivity contribution in [3.8, 4) is 0 Å². The second-order valence-electron chi connectivity index (χ2n) is 3.53. The lowest BCUT2D eigenvalue weighted by Gasteiger charge is -2.18. The van der Waals surface area contributed by atoms with Crippen LogP contribution in [0.1, 0.15) is 30.6 Å². The highest BCUT2D eigenvalue weighted by molar-refractivity contribution is 7.84. The summed E-state index contributed by atoms with van der Waals surface area (Å²) < 4.78 is 11.3. The first kappa shape index (κ1) is 10.2. The summed E-state index contributed by atoms with van der Waals surface area (Å²) in [4.78, 5) is 4.73. The molecular formula is C8H12N2O2S2. The molecule has 0 amide bonds. The third-order valence-corrected chi connectivity index (χ3v) is 4.72. The second kappa shape index (κ2) is 3.69. The number of thiazole rings is 1. The van der Waals surface area contributed by atoms with Crippen molar-refractivity contribution in [2.75, 3.05) is 0 Å². The van der Waals surface area contributed by atoms with Crippen molar-refractivity contribution in [3.63, 3.8) is 0 Å². The van der Waals surface area contributed by atoms with Crippen LogP contribution >= 0.6 is 11.3 Å². The van der Waals surface area contributed by atoms with Crippen molar-refractivity contribution in [2.24, 2.45) is 5.14 Å². The molecular weight excluding hydrogens is 220 g/mol. The van der Waals surface area contributed by atoms with Crippen LogP contribution in [0.2, 0.25) is 0 Å². The molecule has 1 saturated carbocycles. The van der Waals surface area contributed by atoms with E-state index in [4.69, 9.17) is 5.14 Å². The summed E-state index contributed by atoms with van der Waals surface area (Å²) in [6.45, 7) is 0. The van der Waals surface area contributed by atoms with Gasteiger partial charge in [-0.25, -0.2) is 14.3 Å². The van der Waals surface area contributed by atoms with Crippen LogP contribution in [0, 0.1) is 0 Å². The molecule has 1 aliphatic rings. The van der Waals surface area contributed by atoms with Gasteiger partial charge in [-0.05, 0) is 12.8 Å². The molecule has 1 aromatic rings. The minimum absolute atomic E-state index is 0.389. The normalized spacial score (nSPS) is 22.4. The van der Waals surface area contributed by atoms with Crippen molar-refractivity contribution >= 4 is 22.3 Å². The number of rotatable bonds is 2. The van der Waals surface area contributed by atoms with Gasteiger partial charge in [0.05, 0.1) is 4.88 Å². The van der Waals surface area contributed by atoms with E-state index in [1.54, 1.807) is 6.20 Å². The molecule has 0 aliphatic heterocycles. The largest absolute Gasteiger partial charge is 0.384 e. The highest BCUT2D eigenvalue weighted by Crippen LogP contribution is 2.41. The fourth-order valence-electron chi connectivity index (χ4n) is 1.77. The molecule has 1 unspecified atom stereocenters. The van der Waals surface area contributed by atoms with E-state index in [0.29, 0.717) is 4.34 Å². The van der Waals surface area contributed by atoms with E-state index in [1.807, 2.05) is 0 Å². The average Bonchev–Trinajstić information content (AvgIpc) is 2.71. The maximum atomic E-state index is 10.9.